The molecular formula is C12H8ClNO3. The van der Waals surface area contributed by atoms with Gasteiger partial charge >= 0.3 is 5.97 Å². The second-order valence-electron chi connectivity index (χ2n) is 3.27. The molecule has 0 atom stereocenters. The van der Waals surface area contributed by atoms with Crippen molar-refractivity contribution in [2.45, 2.75) is 0 Å². The summed E-state index contributed by atoms with van der Waals surface area (Å²) in [6, 6.07) is 7.79. The van der Waals surface area contributed by atoms with Crippen molar-refractivity contribution >= 4 is 17.6 Å². The summed E-state index contributed by atoms with van der Waals surface area (Å²) in [5.74, 6) is -0.117. The molecule has 0 unspecified atom stereocenters. The SMILES string of the molecule is O=C(O)c1cccc(Oc2cncc(Cl)c2)c1. The van der Waals surface area contributed by atoms with Gasteiger partial charge in [-0.3, -0.25) is 4.98 Å². The molecule has 0 bridgehead atoms. The fourth-order valence-corrected chi connectivity index (χ4v) is 1.44. The van der Waals surface area contributed by atoms with Crippen LogP contribution in [0.15, 0.2) is 42.7 Å². The maximum atomic E-state index is 10.8. The number of benzene rings is 1. The van der Waals surface area contributed by atoms with E-state index in [1.54, 1.807) is 18.2 Å². The van der Waals surface area contributed by atoms with Crippen molar-refractivity contribution in [3.8, 4) is 11.5 Å². The summed E-state index contributed by atoms with van der Waals surface area (Å²) < 4.78 is 5.44. The number of ether oxygens (including phenoxy) is 1. The van der Waals surface area contributed by atoms with Crippen molar-refractivity contribution in [1.29, 1.82) is 0 Å². The number of halogens is 1. The average molecular weight is 250 g/mol. The van der Waals surface area contributed by atoms with Crippen LogP contribution in [0.2, 0.25) is 5.02 Å². The molecule has 0 fully saturated rings. The van der Waals surface area contributed by atoms with E-state index in [2.05, 4.69) is 4.98 Å². The van der Waals surface area contributed by atoms with Crippen molar-refractivity contribution < 1.29 is 14.6 Å². The molecule has 1 heterocycles. The van der Waals surface area contributed by atoms with Crippen LogP contribution in [0.4, 0.5) is 0 Å². The molecule has 0 saturated heterocycles. The normalized spacial score (nSPS) is 9.94. The Hall–Kier alpha value is -2.07. The zero-order valence-corrected chi connectivity index (χ0v) is 9.39. The maximum absolute atomic E-state index is 10.8. The Morgan fingerprint density at radius 1 is 1.24 bits per heavy atom. The van der Waals surface area contributed by atoms with Gasteiger partial charge < -0.3 is 9.84 Å². The molecule has 0 amide bonds. The van der Waals surface area contributed by atoms with E-state index in [1.165, 1.54) is 24.5 Å². The standard InChI is InChI=1S/C12H8ClNO3/c13-9-5-11(7-14-6-9)17-10-3-1-2-8(4-10)12(15)16/h1-7H,(H,15,16). The Labute approximate surface area is 102 Å². The molecule has 4 nitrogen and oxygen atoms in total. The number of carbonyl (C=O) groups is 1. The zero-order valence-electron chi connectivity index (χ0n) is 8.63. The first-order valence-corrected chi connectivity index (χ1v) is 5.15. The molecule has 86 valence electrons. The lowest BCUT2D eigenvalue weighted by molar-refractivity contribution is 0.0696. The molecule has 0 saturated carbocycles. The van der Waals surface area contributed by atoms with Crippen LogP contribution in [-0.2, 0) is 0 Å². The van der Waals surface area contributed by atoms with E-state index in [0.29, 0.717) is 16.5 Å². The molecule has 2 rings (SSSR count). The van der Waals surface area contributed by atoms with Crippen LogP contribution < -0.4 is 4.74 Å². The van der Waals surface area contributed by atoms with Gasteiger partial charge in [0, 0.05) is 12.3 Å². The van der Waals surface area contributed by atoms with Gasteiger partial charge in [-0.25, -0.2) is 4.79 Å². The summed E-state index contributed by atoms with van der Waals surface area (Å²) in [5.41, 5.74) is 0.164. The molecule has 0 aliphatic rings. The van der Waals surface area contributed by atoms with Crippen LogP contribution in [0.5, 0.6) is 11.5 Å². The van der Waals surface area contributed by atoms with Gasteiger partial charge in [0.15, 0.2) is 0 Å². The molecule has 2 aromatic rings. The summed E-state index contributed by atoms with van der Waals surface area (Å²) >= 11 is 5.76. The number of carboxylic acids is 1. The molecule has 0 aliphatic carbocycles. The van der Waals surface area contributed by atoms with Crippen LogP contribution in [0.1, 0.15) is 10.4 Å². The zero-order chi connectivity index (χ0) is 12.3. The lowest BCUT2D eigenvalue weighted by Crippen LogP contribution is -1.96. The fraction of sp³-hybridized carbons (Fsp3) is 0. The van der Waals surface area contributed by atoms with Crippen LogP contribution in [0, 0.1) is 0 Å². The Balaban J connectivity index is 2.24. The minimum atomic E-state index is -1.00. The fourth-order valence-electron chi connectivity index (χ4n) is 1.28. The number of carboxylic acid groups (broad SMARTS) is 1. The number of aromatic carboxylic acids is 1. The van der Waals surface area contributed by atoms with Gasteiger partial charge in [0.05, 0.1) is 16.8 Å². The van der Waals surface area contributed by atoms with Gasteiger partial charge in [-0.1, -0.05) is 17.7 Å². The number of nitrogens with zero attached hydrogens (tertiary/aromatic N) is 1. The van der Waals surface area contributed by atoms with Gasteiger partial charge in [0.1, 0.15) is 11.5 Å². The predicted molar refractivity (Wildman–Crippen MR) is 62.7 cm³/mol. The summed E-state index contributed by atoms with van der Waals surface area (Å²) in [6.45, 7) is 0. The Bertz CT molecular complexity index is 557. The van der Waals surface area contributed by atoms with Crippen LogP contribution >= 0.6 is 11.6 Å². The van der Waals surface area contributed by atoms with Crippen LogP contribution in [0.3, 0.4) is 0 Å². The van der Waals surface area contributed by atoms with E-state index in [1.807, 2.05) is 0 Å². The minimum Gasteiger partial charge on any atom is -0.478 e. The van der Waals surface area contributed by atoms with E-state index < -0.39 is 5.97 Å². The number of aromatic nitrogens is 1. The first kappa shape index (κ1) is 11.4. The van der Waals surface area contributed by atoms with Crippen molar-refractivity contribution in [3.05, 3.63) is 53.3 Å². The van der Waals surface area contributed by atoms with Crippen LogP contribution in [0.25, 0.3) is 0 Å². The molecule has 0 radical (unpaired) electrons. The molecule has 0 spiro atoms. The third-order valence-corrected chi connectivity index (χ3v) is 2.20. The third-order valence-electron chi connectivity index (χ3n) is 2.00. The smallest absolute Gasteiger partial charge is 0.335 e. The number of pyridine rings is 1. The highest BCUT2D eigenvalue weighted by atomic mass is 35.5. The third kappa shape index (κ3) is 2.95. The maximum Gasteiger partial charge on any atom is 0.335 e. The Morgan fingerprint density at radius 3 is 2.76 bits per heavy atom. The molecular weight excluding hydrogens is 242 g/mol. The molecule has 17 heavy (non-hydrogen) atoms. The largest absolute Gasteiger partial charge is 0.478 e. The van der Waals surface area contributed by atoms with Gasteiger partial charge in [-0.15, -0.1) is 0 Å². The highest BCUT2D eigenvalue weighted by Gasteiger charge is 2.04. The van der Waals surface area contributed by atoms with Gasteiger partial charge in [0.2, 0.25) is 0 Å². The summed E-state index contributed by atoms with van der Waals surface area (Å²) in [4.78, 5) is 14.6. The first-order valence-electron chi connectivity index (χ1n) is 4.77. The summed E-state index contributed by atoms with van der Waals surface area (Å²) in [5, 5.41) is 9.29. The Kier molecular flexibility index (Phi) is 3.25. The van der Waals surface area contributed by atoms with Crippen LogP contribution in [-0.4, -0.2) is 16.1 Å². The van der Waals surface area contributed by atoms with E-state index in [9.17, 15) is 4.79 Å². The lowest BCUT2D eigenvalue weighted by Gasteiger charge is -2.05. The first-order chi connectivity index (χ1) is 8.15. The number of hydrogen-bond acceptors (Lipinski definition) is 3. The molecule has 0 aliphatic heterocycles. The van der Waals surface area contributed by atoms with Crippen molar-refractivity contribution in [1.82, 2.24) is 4.98 Å². The summed E-state index contributed by atoms with van der Waals surface area (Å²) in [7, 11) is 0. The monoisotopic (exact) mass is 249 g/mol. The lowest BCUT2D eigenvalue weighted by atomic mass is 10.2. The number of hydrogen-bond donors (Lipinski definition) is 1. The molecule has 1 aromatic carbocycles. The van der Waals surface area contributed by atoms with Gasteiger partial charge in [0.25, 0.3) is 0 Å². The van der Waals surface area contributed by atoms with Gasteiger partial charge in [-0.2, -0.15) is 0 Å². The van der Waals surface area contributed by atoms with Gasteiger partial charge in [-0.05, 0) is 18.2 Å². The quantitative estimate of drug-likeness (QED) is 0.907. The van der Waals surface area contributed by atoms with E-state index >= 15 is 0 Å². The highest BCUT2D eigenvalue weighted by molar-refractivity contribution is 6.30. The second kappa shape index (κ2) is 4.84. The predicted octanol–water partition coefficient (Wildman–Crippen LogP) is 3.23. The van der Waals surface area contributed by atoms with E-state index in [0.717, 1.165) is 0 Å². The van der Waals surface area contributed by atoms with E-state index in [-0.39, 0.29) is 5.56 Å². The molecule has 1 aromatic heterocycles. The minimum absolute atomic E-state index is 0.164. The average Bonchev–Trinajstić information content (AvgIpc) is 2.29. The Morgan fingerprint density at radius 2 is 2.06 bits per heavy atom. The highest BCUT2D eigenvalue weighted by Crippen LogP contribution is 2.23. The van der Waals surface area contributed by atoms with Crippen molar-refractivity contribution in [3.63, 3.8) is 0 Å². The van der Waals surface area contributed by atoms with Crippen molar-refractivity contribution in [2.75, 3.05) is 0 Å². The number of rotatable bonds is 3. The van der Waals surface area contributed by atoms with E-state index in [4.69, 9.17) is 21.4 Å². The molecule has 5 heteroatoms. The van der Waals surface area contributed by atoms with Crippen molar-refractivity contribution in [2.24, 2.45) is 0 Å². The second-order valence-corrected chi connectivity index (χ2v) is 3.71. The topological polar surface area (TPSA) is 59.4 Å². The summed E-state index contributed by atoms with van der Waals surface area (Å²) in [6.07, 6.45) is 2.99. The molecule has 1 N–H and O–H groups in total.